The van der Waals surface area contributed by atoms with Crippen molar-refractivity contribution in [3.63, 3.8) is 0 Å². The maximum absolute atomic E-state index is 11.1. The molecular formula is C14H20N2O4. The Hall–Kier alpha value is -1.66. The molecule has 0 amide bonds. The minimum atomic E-state index is -0.365. The Bertz CT molecular complexity index is 458. The second kappa shape index (κ2) is 7.21. The van der Waals surface area contributed by atoms with Gasteiger partial charge in [-0.25, -0.2) is 0 Å². The van der Waals surface area contributed by atoms with E-state index in [4.69, 9.17) is 9.47 Å². The monoisotopic (exact) mass is 280 g/mol. The quantitative estimate of drug-likeness (QED) is 0.640. The van der Waals surface area contributed by atoms with Gasteiger partial charge < -0.3 is 14.8 Å². The van der Waals surface area contributed by atoms with Crippen LogP contribution in [0, 0.1) is 10.1 Å². The molecule has 0 saturated carbocycles. The van der Waals surface area contributed by atoms with E-state index in [-0.39, 0.29) is 16.7 Å². The number of anilines is 1. The van der Waals surface area contributed by atoms with Crippen LogP contribution < -0.4 is 5.32 Å². The molecule has 1 N–H and O–H groups in total. The van der Waals surface area contributed by atoms with Crippen LogP contribution in [-0.4, -0.2) is 30.8 Å². The molecule has 0 unspecified atom stereocenters. The van der Waals surface area contributed by atoms with E-state index in [2.05, 4.69) is 5.32 Å². The Labute approximate surface area is 118 Å². The first-order valence-corrected chi connectivity index (χ1v) is 6.91. The summed E-state index contributed by atoms with van der Waals surface area (Å²) in [4.78, 5) is 10.7. The Morgan fingerprint density at radius 2 is 2.20 bits per heavy atom. The lowest BCUT2D eigenvalue weighted by Gasteiger charge is -2.22. The van der Waals surface area contributed by atoms with Crippen LogP contribution in [0.25, 0.3) is 0 Å². The number of hydrogen-bond acceptors (Lipinski definition) is 5. The van der Waals surface area contributed by atoms with E-state index in [1.54, 1.807) is 12.1 Å². The number of benzene rings is 1. The van der Waals surface area contributed by atoms with Crippen molar-refractivity contribution in [2.24, 2.45) is 0 Å². The number of hydrogen-bond donors (Lipinski definition) is 1. The van der Waals surface area contributed by atoms with Crippen molar-refractivity contribution in [3.8, 4) is 0 Å². The third kappa shape index (κ3) is 3.91. The fourth-order valence-electron chi connectivity index (χ4n) is 2.21. The molecule has 2 rings (SSSR count). The average molecular weight is 280 g/mol. The maximum atomic E-state index is 11.1. The highest BCUT2D eigenvalue weighted by Gasteiger charge is 2.17. The van der Waals surface area contributed by atoms with Gasteiger partial charge in [-0.05, 0) is 31.4 Å². The van der Waals surface area contributed by atoms with Crippen LogP contribution in [0.3, 0.4) is 0 Å². The smallest absolute Gasteiger partial charge is 0.292 e. The summed E-state index contributed by atoms with van der Waals surface area (Å²) in [7, 11) is 0. The van der Waals surface area contributed by atoms with Crippen molar-refractivity contribution in [3.05, 3.63) is 33.9 Å². The van der Waals surface area contributed by atoms with Gasteiger partial charge in [0.1, 0.15) is 5.69 Å². The van der Waals surface area contributed by atoms with Crippen LogP contribution in [0.2, 0.25) is 0 Å². The molecule has 0 bridgehead atoms. The predicted octanol–water partition coefficient (Wildman–Crippen LogP) is 2.72. The lowest BCUT2D eigenvalue weighted by molar-refractivity contribution is -0.384. The third-order valence-corrected chi connectivity index (χ3v) is 3.28. The minimum absolute atomic E-state index is 0.0972. The molecule has 110 valence electrons. The standard InChI is InChI=1S/C14H20N2O4/c1-2-15-13-4-3-11(9-14(13)16(17)18)10-20-12-5-7-19-8-6-12/h3-4,9,12,15H,2,5-8,10H2,1H3. The fourth-order valence-corrected chi connectivity index (χ4v) is 2.21. The molecule has 0 spiro atoms. The third-order valence-electron chi connectivity index (χ3n) is 3.28. The van der Waals surface area contributed by atoms with Crippen molar-refractivity contribution in [1.29, 1.82) is 0 Å². The van der Waals surface area contributed by atoms with Gasteiger partial charge in [0.05, 0.1) is 17.6 Å². The van der Waals surface area contributed by atoms with Gasteiger partial charge in [-0.2, -0.15) is 0 Å². The summed E-state index contributed by atoms with van der Waals surface area (Å²) in [6.07, 6.45) is 1.96. The normalized spacial score (nSPS) is 16.1. The molecule has 1 aromatic carbocycles. The van der Waals surface area contributed by atoms with Gasteiger partial charge in [-0.15, -0.1) is 0 Å². The molecule has 1 saturated heterocycles. The minimum Gasteiger partial charge on any atom is -0.381 e. The predicted molar refractivity (Wildman–Crippen MR) is 75.9 cm³/mol. The second-order valence-electron chi connectivity index (χ2n) is 4.76. The Balaban J connectivity index is 2.00. The molecule has 1 aliphatic rings. The Morgan fingerprint density at radius 3 is 2.85 bits per heavy atom. The SMILES string of the molecule is CCNc1ccc(COC2CCOCC2)cc1[N+](=O)[O-]. The van der Waals surface area contributed by atoms with Gasteiger partial charge in [-0.1, -0.05) is 6.07 Å². The number of nitro groups is 1. The van der Waals surface area contributed by atoms with Gasteiger partial charge in [0, 0.05) is 25.8 Å². The van der Waals surface area contributed by atoms with Gasteiger partial charge in [-0.3, -0.25) is 10.1 Å². The summed E-state index contributed by atoms with van der Waals surface area (Å²) in [5.74, 6) is 0. The average Bonchev–Trinajstić information content (AvgIpc) is 2.47. The van der Waals surface area contributed by atoms with Gasteiger partial charge in [0.15, 0.2) is 0 Å². The van der Waals surface area contributed by atoms with Crippen molar-refractivity contribution >= 4 is 11.4 Å². The zero-order valence-corrected chi connectivity index (χ0v) is 11.6. The summed E-state index contributed by atoms with van der Waals surface area (Å²) in [5.41, 5.74) is 1.47. The van der Waals surface area contributed by atoms with Gasteiger partial charge in [0.25, 0.3) is 5.69 Å². The van der Waals surface area contributed by atoms with Gasteiger partial charge >= 0.3 is 0 Å². The molecule has 0 atom stereocenters. The van der Waals surface area contributed by atoms with Crippen molar-refractivity contribution < 1.29 is 14.4 Å². The van der Waals surface area contributed by atoms with Crippen LogP contribution in [0.15, 0.2) is 18.2 Å². The lowest BCUT2D eigenvalue weighted by atomic mass is 10.1. The van der Waals surface area contributed by atoms with E-state index in [0.717, 1.165) is 31.6 Å². The fraction of sp³-hybridized carbons (Fsp3) is 0.571. The molecule has 20 heavy (non-hydrogen) atoms. The molecule has 0 aliphatic carbocycles. The number of nitrogens with one attached hydrogen (secondary N) is 1. The lowest BCUT2D eigenvalue weighted by Crippen LogP contribution is -2.23. The van der Waals surface area contributed by atoms with Crippen molar-refractivity contribution in [1.82, 2.24) is 0 Å². The number of ether oxygens (including phenoxy) is 2. The Kier molecular flexibility index (Phi) is 5.31. The van der Waals surface area contributed by atoms with E-state index < -0.39 is 0 Å². The first-order chi connectivity index (χ1) is 9.70. The summed E-state index contributed by atoms with van der Waals surface area (Å²) in [5, 5.41) is 14.1. The molecule has 1 aliphatic heterocycles. The number of nitro benzene ring substituents is 1. The van der Waals surface area contributed by atoms with Crippen LogP contribution in [0.4, 0.5) is 11.4 Å². The van der Waals surface area contributed by atoms with Crippen molar-refractivity contribution in [2.75, 3.05) is 25.1 Å². The van der Waals surface area contributed by atoms with Crippen LogP contribution >= 0.6 is 0 Å². The Morgan fingerprint density at radius 1 is 1.45 bits per heavy atom. The number of nitrogens with zero attached hydrogens (tertiary/aromatic N) is 1. The van der Waals surface area contributed by atoms with Crippen LogP contribution in [-0.2, 0) is 16.1 Å². The zero-order valence-electron chi connectivity index (χ0n) is 11.6. The van der Waals surface area contributed by atoms with E-state index >= 15 is 0 Å². The van der Waals surface area contributed by atoms with E-state index in [0.29, 0.717) is 18.8 Å². The molecule has 0 aromatic heterocycles. The molecule has 1 fully saturated rings. The molecule has 0 radical (unpaired) electrons. The number of rotatable bonds is 6. The summed E-state index contributed by atoms with van der Waals surface area (Å²) >= 11 is 0. The highest BCUT2D eigenvalue weighted by Crippen LogP contribution is 2.26. The molecular weight excluding hydrogens is 260 g/mol. The summed E-state index contributed by atoms with van der Waals surface area (Å²) < 4.78 is 11.0. The molecule has 6 heteroatoms. The molecule has 1 aromatic rings. The second-order valence-corrected chi connectivity index (χ2v) is 4.76. The van der Waals surface area contributed by atoms with Crippen LogP contribution in [0.1, 0.15) is 25.3 Å². The largest absolute Gasteiger partial charge is 0.381 e. The van der Waals surface area contributed by atoms with Gasteiger partial charge in [0.2, 0.25) is 0 Å². The van der Waals surface area contributed by atoms with Crippen LogP contribution in [0.5, 0.6) is 0 Å². The summed E-state index contributed by atoms with van der Waals surface area (Å²) in [6, 6.07) is 5.19. The molecule has 6 nitrogen and oxygen atoms in total. The zero-order chi connectivity index (χ0) is 14.4. The highest BCUT2D eigenvalue weighted by molar-refractivity contribution is 5.62. The topological polar surface area (TPSA) is 73.6 Å². The van der Waals surface area contributed by atoms with Crippen molar-refractivity contribution in [2.45, 2.75) is 32.5 Å². The first kappa shape index (κ1) is 14.7. The van der Waals surface area contributed by atoms with E-state index in [1.165, 1.54) is 0 Å². The maximum Gasteiger partial charge on any atom is 0.292 e. The summed E-state index contributed by atoms with van der Waals surface area (Å²) in [6.45, 7) is 4.41. The van der Waals surface area contributed by atoms with E-state index in [9.17, 15) is 10.1 Å². The highest BCUT2D eigenvalue weighted by atomic mass is 16.6. The van der Waals surface area contributed by atoms with E-state index in [1.807, 2.05) is 13.0 Å². The first-order valence-electron chi connectivity index (χ1n) is 6.91. The molecule has 1 heterocycles.